The van der Waals surface area contributed by atoms with Crippen LogP contribution in [0.5, 0.6) is 0 Å². The van der Waals surface area contributed by atoms with Crippen molar-refractivity contribution in [3.63, 3.8) is 0 Å². The third kappa shape index (κ3) is 71.1. The molecule has 3 N–H and O–H groups in total. The number of aliphatic hydroxyl groups is 1. The highest BCUT2D eigenvalue weighted by Gasteiger charge is 2.30. The van der Waals surface area contributed by atoms with Gasteiger partial charge in [-0.3, -0.25) is 37.3 Å². The molecule has 6 atom stereocenters. The van der Waals surface area contributed by atoms with E-state index in [0.29, 0.717) is 25.7 Å². The van der Waals surface area contributed by atoms with Crippen LogP contribution in [0.1, 0.15) is 414 Å². The predicted molar refractivity (Wildman–Crippen MR) is 400 cm³/mol. The van der Waals surface area contributed by atoms with Crippen LogP contribution < -0.4 is 0 Å². The van der Waals surface area contributed by atoms with Crippen LogP contribution >= 0.6 is 15.6 Å². The Morgan fingerprint density at radius 2 is 0.520 bits per heavy atom. The molecule has 3 unspecified atom stereocenters. The van der Waals surface area contributed by atoms with Crippen molar-refractivity contribution in [1.82, 2.24) is 0 Å². The number of phosphoric ester groups is 2. The van der Waals surface area contributed by atoms with Gasteiger partial charge in [0.2, 0.25) is 0 Å². The van der Waals surface area contributed by atoms with Crippen molar-refractivity contribution >= 4 is 39.5 Å². The van der Waals surface area contributed by atoms with E-state index in [1.54, 1.807) is 0 Å². The molecule has 0 aliphatic heterocycles. The number of phosphoric acid groups is 2. The first-order chi connectivity index (χ1) is 47.4. The number of hydrogen-bond donors (Lipinski definition) is 3. The molecule has 0 aromatic rings. The Morgan fingerprint density at radius 3 is 0.776 bits per heavy atom. The van der Waals surface area contributed by atoms with Gasteiger partial charge in [0.25, 0.3) is 0 Å². The molecule has 0 aromatic heterocycles. The maximum atomic E-state index is 13.1. The summed E-state index contributed by atoms with van der Waals surface area (Å²) < 4.78 is 68.7. The Balaban J connectivity index is 5.25. The van der Waals surface area contributed by atoms with E-state index in [2.05, 4.69) is 41.5 Å². The predicted octanol–water partition coefficient (Wildman–Crippen LogP) is 23.5. The molecule has 0 saturated heterocycles. The number of aliphatic hydroxyl groups excluding tert-OH is 1. The summed E-state index contributed by atoms with van der Waals surface area (Å²) in [6, 6.07) is 0. The zero-order valence-electron chi connectivity index (χ0n) is 64.1. The standard InChI is InChI=1S/C79H154O17P2/c1-7-10-12-14-16-18-20-22-24-25-26-27-28-30-32-37-45-51-57-63-78(83)95-74(67-89-76(81)61-55-49-43-36-31-29-23-21-19-17-15-13-11-8-2)69-93-97(85,86)91-65-73(80)66-92-98(87,88)94-70-75(68-90-77(82)62-56-50-44-40-39-42-48-54-60-72(6)9-3)96-79(84)64-58-52-46-38-34-33-35-41-47-53-59-71(4)5/h71-75,80H,7-70H2,1-6H3,(H,85,86)(H,87,88)/t72?,73-,74-,75-/m1/s1. The zero-order valence-corrected chi connectivity index (χ0v) is 65.9. The third-order valence-corrected chi connectivity index (χ3v) is 20.7. The molecule has 98 heavy (non-hydrogen) atoms. The lowest BCUT2D eigenvalue weighted by atomic mass is 9.99. The summed E-state index contributed by atoms with van der Waals surface area (Å²) >= 11 is 0. The maximum absolute atomic E-state index is 13.1. The number of esters is 4. The average Bonchev–Trinajstić information content (AvgIpc) is 0.960. The minimum absolute atomic E-state index is 0.106. The van der Waals surface area contributed by atoms with E-state index < -0.39 is 97.5 Å². The monoisotopic (exact) mass is 1440 g/mol. The first-order valence-electron chi connectivity index (χ1n) is 41.0. The van der Waals surface area contributed by atoms with E-state index in [1.165, 1.54) is 231 Å². The van der Waals surface area contributed by atoms with Crippen molar-refractivity contribution in [2.75, 3.05) is 39.6 Å². The largest absolute Gasteiger partial charge is 0.472 e. The molecule has 0 aromatic carbocycles. The number of unbranched alkanes of at least 4 members (excludes halogenated alkanes) is 47. The number of ether oxygens (including phenoxy) is 4. The average molecular weight is 1440 g/mol. The maximum Gasteiger partial charge on any atom is 0.472 e. The number of carbonyl (C=O) groups excluding carboxylic acids is 4. The van der Waals surface area contributed by atoms with Crippen LogP contribution in [0.25, 0.3) is 0 Å². The Bertz CT molecular complexity index is 1890. The van der Waals surface area contributed by atoms with Crippen molar-refractivity contribution < 1.29 is 80.2 Å². The van der Waals surface area contributed by atoms with Crippen molar-refractivity contribution in [3.8, 4) is 0 Å². The third-order valence-electron chi connectivity index (χ3n) is 18.8. The Hall–Kier alpha value is -1.94. The molecule has 0 rings (SSSR count). The fraction of sp³-hybridized carbons (Fsp3) is 0.949. The smallest absolute Gasteiger partial charge is 0.462 e. The van der Waals surface area contributed by atoms with Gasteiger partial charge >= 0.3 is 39.5 Å². The highest BCUT2D eigenvalue weighted by molar-refractivity contribution is 7.47. The molecule has 0 aliphatic rings. The minimum Gasteiger partial charge on any atom is -0.462 e. The van der Waals surface area contributed by atoms with Crippen molar-refractivity contribution in [1.29, 1.82) is 0 Å². The first kappa shape index (κ1) is 96.1. The van der Waals surface area contributed by atoms with Crippen LogP contribution in [-0.2, 0) is 65.4 Å². The van der Waals surface area contributed by atoms with Gasteiger partial charge in [-0.1, -0.05) is 363 Å². The molecule has 0 aliphatic carbocycles. The molecule has 0 bridgehead atoms. The molecule has 17 nitrogen and oxygen atoms in total. The Kier molecular flexibility index (Phi) is 69.3. The highest BCUT2D eigenvalue weighted by Crippen LogP contribution is 2.45. The molecule has 0 radical (unpaired) electrons. The summed E-state index contributed by atoms with van der Waals surface area (Å²) in [7, 11) is -9.92. The van der Waals surface area contributed by atoms with Crippen molar-refractivity contribution in [2.45, 2.75) is 432 Å². The topological polar surface area (TPSA) is 237 Å². The van der Waals surface area contributed by atoms with Gasteiger partial charge in [0.05, 0.1) is 26.4 Å². The van der Waals surface area contributed by atoms with Crippen LogP contribution in [0.4, 0.5) is 0 Å². The Morgan fingerprint density at radius 1 is 0.296 bits per heavy atom. The summed E-state index contributed by atoms with van der Waals surface area (Å²) in [5.74, 6) is -0.581. The van der Waals surface area contributed by atoms with Gasteiger partial charge in [-0.2, -0.15) is 0 Å². The first-order valence-corrected chi connectivity index (χ1v) is 44.0. The molecule has 0 saturated carbocycles. The van der Waals surface area contributed by atoms with E-state index in [1.807, 2.05) is 0 Å². The van der Waals surface area contributed by atoms with Crippen LogP contribution in [0.15, 0.2) is 0 Å². The lowest BCUT2D eigenvalue weighted by Crippen LogP contribution is -2.30. The van der Waals surface area contributed by atoms with Gasteiger partial charge in [-0.25, -0.2) is 9.13 Å². The second kappa shape index (κ2) is 70.7. The lowest BCUT2D eigenvalue weighted by molar-refractivity contribution is -0.161. The molecule has 582 valence electrons. The minimum atomic E-state index is -4.96. The lowest BCUT2D eigenvalue weighted by Gasteiger charge is -2.21. The molecule has 0 fully saturated rings. The van der Waals surface area contributed by atoms with Crippen molar-refractivity contribution in [3.05, 3.63) is 0 Å². The Labute approximate surface area is 600 Å². The fourth-order valence-electron chi connectivity index (χ4n) is 12.2. The second-order valence-corrected chi connectivity index (χ2v) is 32.1. The normalized spacial score (nSPS) is 14.2. The van der Waals surface area contributed by atoms with E-state index in [4.69, 9.17) is 37.0 Å². The number of hydrogen-bond acceptors (Lipinski definition) is 15. The van der Waals surface area contributed by atoms with E-state index in [-0.39, 0.29) is 25.7 Å². The number of carbonyl (C=O) groups is 4. The summed E-state index contributed by atoms with van der Waals surface area (Å²) in [6.07, 6.45) is 59.6. The van der Waals surface area contributed by atoms with Gasteiger partial charge in [0.15, 0.2) is 12.2 Å². The van der Waals surface area contributed by atoms with E-state index in [9.17, 15) is 43.2 Å². The highest BCUT2D eigenvalue weighted by atomic mass is 31.2. The molecular weight excluding hydrogens is 1280 g/mol. The van der Waals surface area contributed by atoms with Gasteiger partial charge in [-0.15, -0.1) is 0 Å². The molecule has 0 amide bonds. The van der Waals surface area contributed by atoms with Gasteiger partial charge in [0, 0.05) is 25.7 Å². The van der Waals surface area contributed by atoms with Crippen LogP contribution in [0, 0.1) is 11.8 Å². The second-order valence-electron chi connectivity index (χ2n) is 29.2. The summed E-state index contributed by atoms with van der Waals surface area (Å²) in [4.78, 5) is 73.0. The SMILES string of the molecule is CCCCCCCCCCCCCCCCCCCCCC(=O)O[C@H](COC(=O)CCCCCCCCCCCCCCCC)COP(=O)(O)OC[C@@H](O)COP(=O)(O)OC[C@@H](COC(=O)CCCCCCCCCCC(C)CC)OC(=O)CCCCCCCCCCCCC(C)C. The quantitative estimate of drug-likeness (QED) is 0.0222. The van der Waals surface area contributed by atoms with Crippen molar-refractivity contribution in [2.24, 2.45) is 11.8 Å². The number of rotatable bonds is 78. The zero-order chi connectivity index (χ0) is 72.1. The van der Waals surface area contributed by atoms with Gasteiger partial charge < -0.3 is 33.8 Å². The summed E-state index contributed by atoms with van der Waals surface area (Å²) in [5, 5.41) is 10.6. The van der Waals surface area contributed by atoms with E-state index in [0.717, 1.165) is 102 Å². The van der Waals surface area contributed by atoms with E-state index >= 15 is 0 Å². The summed E-state index contributed by atoms with van der Waals surface area (Å²) in [5.41, 5.74) is 0. The molecule has 0 spiro atoms. The summed E-state index contributed by atoms with van der Waals surface area (Å²) in [6.45, 7) is 9.62. The fourth-order valence-corrected chi connectivity index (χ4v) is 13.7. The molecule has 19 heteroatoms. The van der Waals surface area contributed by atoms with Crippen LogP contribution in [0.3, 0.4) is 0 Å². The molecular formula is C79H154O17P2. The van der Waals surface area contributed by atoms with Gasteiger partial charge in [0.1, 0.15) is 19.3 Å². The molecule has 0 heterocycles. The van der Waals surface area contributed by atoms with Gasteiger partial charge in [-0.05, 0) is 37.5 Å². The van der Waals surface area contributed by atoms with Crippen LogP contribution in [0.2, 0.25) is 0 Å². The van der Waals surface area contributed by atoms with Crippen LogP contribution in [-0.4, -0.2) is 96.7 Å².